The van der Waals surface area contributed by atoms with Crippen molar-refractivity contribution in [1.29, 1.82) is 0 Å². The Kier molecular flexibility index (Phi) is 4.12. The van der Waals surface area contributed by atoms with Crippen molar-refractivity contribution in [2.45, 2.75) is 12.8 Å². The molecule has 0 radical (unpaired) electrons. The second kappa shape index (κ2) is 5.36. The molecular weight excluding hydrogens is 196 g/mol. The molecular formula is C11H14O4. The van der Waals surface area contributed by atoms with Crippen molar-refractivity contribution in [3.8, 4) is 11.5 Å². The number of carbonyl (C=O) groups excluding carboxylic acids is 1. The summed E-state index contributed by atoms with van der Waals surface area (Å²) in [4.78, 5) is 10.3. The summed E-state index contributed by atoms with van der Waals surface area (Å²) in [5.41, 5.74) is 0.619. The molecule has 0 heterocycles. The molecule has 1 unspecified atom stereocenters. The number of benzene rings is 1. The fourth-order valence-corrected chi connectivity index (χ4v) is 1.39. The third-order valence-electron chi connectivity index (χ3n) is 2.27. The van der Waals surface area contributed by atoms with Gasteiger partial charge in [-0.05, 0) is 24.0 Å². The highest BCUT2D eigenvalue weighted by molar-refractivity contribution is 5.50. The van der Waals surface area contributed by atoms with Gasteiger partial charge in [0, 0.05) is 19.1 Å². The second-order valence-electron chi connectivity index (χ2n) is 3.47. The van der Waals surface area contributed by atoms with Crippen LogP contribution in [0, 0.1) is 5.92 Å². The van der Waals surface area contributed by atoms with Gasteiger partial charge in [-0.3, -0.25) is 0 Å². The smallest absolute Gasteiger partial charge is 0.122 e. The zero-order valence-corrected chi connectivity index (χ0v) is 8.26. The molecule has 0 aromatic heterocycles. The van der Waals surface area contributed by atoms with E-state index in [1.165, 1.54) is 12.1 Å². The van der Waals surface area contributed by atoms with Gasteiger partial charge in [0.1, 0.15) is 17.8 Å². The Balaban J connectivity index is 2.74. The SMILES string of the molecule is O=CCC(CO)Cc1ccc(O)cc1O. The van der Waals surface area contributed by atoms with Crippen molar-refractivity contribution in [3.63, 3.8) is 0 Å². The quantitative estimate of drug-likeness (QED) is 0.629. The van der Waals surface area contributed by atoms with E-state index in [4.69, 9.17) is 10.2 Å². The molecule has 1 atom stereocenters. The molecule has 0 amide bonds. The molecule has 82 valence electrons. The van der Waals surface area contributed by atoms with Crippen molar-refractivity contribution in [2.24, 2.45) is 5.92 Å². The summed E-state index contributed by atoms with van der Waals surface area (Å²) < 4.78 is 0. The minimum atomic E-state index is -0.182. The van der Waals surface area contributed by atoms with Crippen LogP contribution in [0.3, 0.4) is 0 Å². The highest BCUT2D eigenvalue weighted by Crippen LogP contribution is 2.25. The molecule has 0 aliphatic rings. The molecule has 1 rings (SSSR count). The summed E-state index contributed by atoms with van der Waals surface area (Å²) in [6.07, 6.45) is 1.43. The van der Waals surface area contributed by atoms with Gasteiger partial charge in [-0.25, -0.2) is 0 Å². The van der Waals surface area contributed by atoms with Crippen LogP contribution in [-0.4, -0.2) is 28.2 Å². The summed E-state index contributed by atoms with van der Waals surface area (Å²) in [6.45, 7) is -0.0982. The van der Waals surface area contributed by atoms with E-state index >= 15 is 0 Å². The lowest BCUT2D eigenvalue weighted by molar-refractivity contribution is -0.108. The molecule has 4 heteroatoms. The molecule has 15 heavy (non-hydrogen) atoms. The first-order valence-corrected chi connectivity index (χ1v) is 4.72. The van der Waals surface area contributed by atoms with Crippen LogP contribution in [0.25, 0.3) is 0 Å². The summed E-state index contributed by atoms with van der Waals surface area (Å²) in [5.74, 6) is -0.204. The predicted octanol–water partition coefficient (Wildman–Crippen LogP) is 0.838. The monoisotopic (exact) mass is 210 g/mol. The number of phenols is 2. The number of carbonyl (C=O) groups is 1. The van der Waals surface area contributed by atoms with Crippen LogP contribution in [0.2, 0.25) is 0 Å². The van der Waals surface area contributed by atoms with Gasteiger partial charge < -0.3 is 20.1 Å². The molecule has 0 saturated heterocycles. The van der Waals surface area contributed by atoms with Gasteiger partial charge in [-0.15, -0.1) is 0 Å². The summed E-state index contributed by atoms with van der Waals surface area (Å²) in [5, 5.41) is 27.5. The van der Waals surface area contributed by atoms with Gasteiger partial charge in [0.2, 0.25) is 0 Å². The van der Waals surface area contributed by atoms with Crippen LogP contribution in [0.5, 0.6) is 11.5 Å². The van der Waals surface area contributed by atoms with Crippen LogP contribution in [0.15, 0.2) is 18.2 Å². The Hall–Kier alpha value is -1.55. The van der Waals surface area contributed by atoms with Crippen LogP contribution >= 0.6 is 0 Å². The normalized spacial score (nSPS) is 12.3. The maximum Gasteiger partial charge on any atom is 0.122 e. The zero-order chi connectivity index (χ0) is 11.3. The first-order valence-electron chi connectivity index (χ1n) is 4.72. The molecule has 0 bridgehead atoms. The molecule has 0 aliphatic heterocycles. The fraction of sp³-hybridized carbons (Fsp3) is 0.364. The third-order valence-corrected chi connectivity index (χ3v) is 2.27. The van der Waals surface area contributed by atoms with Gasteiger partial charge in [0.15, 0.2) is 0 Å². The lowest BCUT2D eigenvalue weighted by Gasteiger charge is -2.11. The minimum Gasteiger partial charge on any atom is -0.508 e. The lowest BCUT2D eigenvalue weighted by atomic mass is 9.97. The van der Waals surface area contributed by atoms with E-state index < -0.39 is 0 Å². The molecule has 0 spiro atoms. The van der Waals surface area contributed by atoms with Crippen molar-refractivity contribution in [1.82, 2.24) is 0 Å². The minimum absolute atomic E-state index is 0.00724. The van der Waals surface area contributed by atoms with E-state index in [9.17, 15) is 9.90 Å². The third kappa shape index (κ3) is 3.25. The highest BCUT2D eigenvalue weighted by Gasteiger charge is 2.11. The number of hydrogen-bond acceptors (Lipinski definition) is 4. The summed E-state index contributed by atoms with van der Waals surface area (Å²) >= 11 is 0. The largest absolute Gasteiger partial charge is 0.508 e. The lowest BCUT2D eigenvalue weighted by Crippen LogP contribution is -2.10. The maximum absolute atomic E-state index is 10.3. The van der Waals surface area contributed by atoms with E-state index in [1.54, 1.807) is 6.07 Å². The molecule has 0 saturated carbocycles. The standard InChI is InChI=1S/C11H14O4/c12-4-3-8(7-13)5-9-1-2-10(14)6-11(9)15/h1-2,4,6,8,13-15H,3,5,7H2. The van der Waals surface area contributed by atoms with Crippen molar-refractivity contribution in [2.75, 3.05) is 6.61 Å². The molecule has 1 aromatic rings. The molecule has 0 aliphatic carbocycles. The summed E-state index contributed by atoms with van der Waals surface area (Å²) in [7, 11) is 0. The van der Waals surface area contributed by atoms with Gasteiger partial charge >= 0.3 is 0 Å². The van der Waals surface area contributed by atoms with E-state index in [-0.39, 0.29) is 30.4 Å². The molecule has 0 fully saturated rings. The Labute approximate surface area is 87.8 Å². The molecule has 4 nitrogen and oxygen atoms in total. The van der Waals surface area contributed by atoms with Gasteiger partial charge in [-0.1, -0.05) is 6.07 Å². The number of hydrogen-bond donors (Lipinski definition) is 3. The van der Waals surface area contributed by atoms with Crippen molar-refractivity contribution >= 4 is 6.29 Å². The van der Waals surface area contributed by atoms with Gasteiger partial charge in [0.05, 0.1) is 0 Å². The van der Waals surface area contributed by atoms with E-state index in [2.05, 4.69) is 0 Å². The number of phenolic OH excluding ortho intramolecular Hbond substituents is 2. The van der Waals surface area contributed by atoms with Gasteiger partial charge in [-0.2, -0.15) is 0 Å². The number of aldehydes is 1. The number of aromatic hydroxyl groups is 2. The van der Waals surface area contributed by atoms with Crippen molar-refractivity contribution in [3.05, 3.63) is 23.8 Å². The Bertz CT molecular complexity index is 335. The van der Waals surface area contributed by atoms with Crippen molar-refractivity contribution < 1.29 is 20.1 Å². The Morgan fingerprint density at radius 3 is 2.60 bits per heavy atom. The first-order chi connectivity index (χ1) is 7.17. The maximum atomic E-state index is 10.3. The average Bonchev–Trinajstić information content (AvgIpc) is 2.21. The Morgan fingerprint density at radius 1 is 1.33 bits per heavy atom. The highest BCUT2D eigenvalue weighted by atomic mass is 16.3. The molecule has 3 N–H and O–H groups in total. The van der Waals surface area contributed by atoms with Crippen LogP contribution < -0.4 is 0 Å². The van der Waals surface area contributed by atoms with Gasteiger partial charge in [0.25, 0.3) is 0 Å². The van der Waals surface area contributed by atoms with Crippen LogP contribution in [0.1, 0.15) is 12.0 Å². The second-order valence-corrected chi connectivity index (χ2v) is 3.47. The van der Waals surface area contributed by atoms with E-state index in [0.717, 1.165) is 6.29 Å². The average molecular weight is 210 g/mol. The topological polar surface area (TPSA) is 77.8 Å². The van der Waals surface area contributed by atoms with Crippen LogP contribution in [0.4, 0.5) is 0 Å². The van der Waals surface area contributed by atoms with E-state index in [0.29, 0.717) is 12.0 Å². The fourth-order valence-electron chi connectivity index (χ4n) is 1.39. The molecule has 1 aromatic carbocycles. The number of aliphatic hydroxyl groups excluding tert-OH is 1. The van der Waals surface area contributed by atoms with Crippen LogP contribution in [-0.2, 0) is 11.2 Å². The predicted molar refractivity (Wildman–Crippen MR) is 54.7 cm³/mol. The Morgan fingerprint density at radius 2 is 2.07 bits per heavy atom. The summed E-state index contributed by atoms with van der Waals surface area (Å²) in [6, 6.07) is 4.28. The van der Waals surface area contributed by atoms with E-state index in [1.807, 2.05) is 0 Å². The number of aliphatic hydroxyl groups is 1. The zero-order valence-electron chi connectivity index (χ0n) is 8.26. The number of rotatable bonds is 5. The first kappa shape index (κ1) is 11.5.